The molecule has 0 aliphatic rings. The van der Waals surface area contributed by atoms with Crippen molar-refractivity contribution in [1.29, 1.82) is 0 Å². The van der Waals surface area contributed by atoms with Gasteiger partial charge in [0, 0.05) is 41.2 Å². The maximum Gasteiger partial charge on any atom is 0.340 e. The number of carbonyl (C=O) groups excluding carboxylic acids is 1. The molecule has 0 fully saturated rings. The van der Waals surface area contributed by atoms with E-state index in [1.54, 1.807) is 0 Å². The molecule has 5 aromatic rings. The van der Waals surface area contributed by atoms with Crippen LogP contribution in [0.1, 0.15) is 38.3 Å². The van der Waals surface area contributed by atoms with Gasteiger partial charge in [0.25, 0.3) is 0 Å². The summed E-state index contributed by atoms with van der Waals surface area (Å²) in [4.78, 5) is 26.2. The van der Waals surface area contributed by atoms with Crippen molar-refractivity contribution in [2.75, 3.05) is 6.61 Å². The van der Waals surface area contributed by atoms with Crippen molar-refractivity contribution in [2.24, 2.45) is 7.05 Å². The van der Waals surface area contributed by atoms with Crippen LogP contribution in [0, 0.1) is 20.8 Å². The van der Waals surface area contributed by atoms with Crippen molar-refractivity contribution in [3.63, 3.8) is 0 Å². The smallest absolute Gasteiger partial charge is 0.340 e. The second-order valence-corrected chi connectivity index (χ2v) is 9.04. The van der Waals surface area contributed by atoms with Crippen LogP contribution in [0.5, 0.6) is 5.75 Å². The van der Waals surface area contributed by atoms with Crippen LogP contribution in [0.3, 0.4) is 0 Å². The van der Waals surface area contributed by atoms with Crippen LogP contribution >= 0.6 is 0 Å². The van der Waals surface area contributed by atoms with Crippen LogP contribution < -0.4 is 10.4 Å². The minimum absolute atomic E-state index is 0.0894. The van der Waals surface area contributed by atoms with Crippen LogP contribution in [0.15, 0.2) is 75.9 Å². The fraction of sp³-hybridized carbons (Fsp3) is 0.200. The third kappa shape index (κ3) is 4.03. The summed E-state index contributed by atoms with van der Waals surface area (Å²) in [5, 5.41) is 1.64. The molecule has 0 radical (unpaired) electrons. The Balaban J connectivity index is 1.53. The Hall–Kier alpha value is -4.12. The van der Waals surface area contributed by atoms with Gasteiger partial charge in [-0.2, -0.15) is 0 Å². The second kappa shape index (κ2) is 8.91. The lowest BCUT2D eigenvalue weighted by Gasteiger charge is -2.14. The Morgan fingerprint density at radius 2 is 1.69 bits per heavy atom. The molecule has 0 aliphatic heterocycles. The lowest BCUT2D eigenvalue weighted by Crippen LogP contribution is -2.15. The number of carbonyl (C=O) groups is 1. The molecule has 0 saturated heterocycles. The van der Waals surface area contributed by atoms with Crippen LogP contribution in [0.2, 0.25) is 0 Å². The van der Waals surface area contributed by atoms with Crippen molar-refractivity contribution < 1.29 is 13.9 Å². The quantitative estimate of drug-likeness (QED) is 0.226. The van der Waals surface area contributed by atoms with E-state index in [0.717, 1.165) is 38.7 Å². The molecule has 0 atom stereocenters. The summed E-state index contributed by atoms with van der Waals surface area (Å²) in [5.41, 5.74) is 6.02. The van der Waals surface area contributed by atoms with E-state index in [4.69, 9.17) is 9.15 Å². The molecule has 2 heterocycles. The van der Waals surface area contributed by atoms with Crippen molar-refractivity contribution in [2.45, 2.75) is 27.2 Å². The molecule has 0 amide bonds. The van der Waals surface area contributed by atoms with Crippen LogP contribution in [0.25, 0.3) is 21.9 Å². The molecular formula is C30H27NO4. The van der Waals surface area contributed by atoms with Crippen molar-refractivity contribution >= 4 is 27.7 Å². The number of fused-ring (bicyclic) bond motifs is 2. The van der Waals surface area contributed by atoms with Crippen molar-refractivity contribution in [1.82, 2.24) is 4.57 Å². The van der Waals surface area contributed by atoms with Gasteiger partial charge in [0.05, 0.1) is 5.39 Å². The summed E-state index contributed by atoms with van der Waals surface area (Å²) >= 11 is 0. The molecule has 176 valence electrons. The Morgan fingerprint density at radius 1 is 0.971 bits per heavy atom. The van der Waals surface area contributed by atoms with Gasteiger partial charge in [-0.15, -0.1) is 0 Å². The zero-order chi connectivity index (χ0) is 24.7. The molecule has 0 unspecified atom stereocenters. The summed E-state index contributed by atoms with van der Waals surface area (Å²) in [6, 6.07) is 21.4. The van der Waals surface area contributed by atoms with E-state index in [0.29, 0.717) is 28.9 Å². The highest BCUT2D eigenvalue weighted by molar-refractivity contribution is 6.10. The molecular weight excluding hydrogens is 438 g/mol. The number of aryl methyl sites for hydroxylation is 3. The maximum absolute atomic E-state index is 13.3. The second-order valence-electron chi connectivity index (χ2n) is 9.04. The number of para-hydroxylation sites is 1. The molecule has 0 saturated carbocycles. The first kappa shape index (κ1) is 22.7. The predicted molar refractivity (Wildman–Crippen MR) is 139 cm³/mol. The fourth-order valence-corrected chi connectivity index (χ4v) is 4.84. The van der Waals surface area contributed by atoms with Gasteiger partial charge in [0.15, 0.2) is 6.61 Å². The monoisotopic (exact) mass is 465 g/mol. The highest BCUT2D eigenvalue weighted by Gasteiger charge is 2.21. The van der Waals surface area contributed by atoms with Crippen molar-refractivity contribution in [3.05, 3.63) is 111 Å². The summed E-state index contributed by atoms with van der Waals surface area (Å²) in [6.45, 7) is 5.66. The van der Waals surface area contributed by atoms with Gasteiger partial charge in [-0.05, 0) is 55.7 Å². The number of ether oxygens (including phenoxy) is 1. The van der Waals surface area contributed by atoms with E-state index in [1.165, 1.54) is 0 Å². The number of benzene rings is 3. The van der Waals surface area contributed by atoms with Gasteiger partial charge in [-0.25, -0.2) is 4.79 Å². The van der Waals surface area contributed by atoms with E-state index < -0.39 is 0 Å². The van der Waals surface area contributed by atoms with Crippen molar-refractivity contribution in [3.8, 4) is 5.75 Å². The van der Waals surface area contributed by atoms with Gasteiger partial charge in [-0.3, -0.25) is 4.79 Å². The first-order valence-electron chi connectivity index (χ1n) is 11.7. The lowest BCUT2D eigenvalue weighted by molar-refractivity contribution is 0.0923. The third-order valence-corrected chi connectivity index (χ3v) is 6.75. The van der Waals surface area contributed by atoms with Gasteiger partial charge in [0.1, 0.15) is 11.3 Å². The normalized spacial score (nSPS) is 11.3. The van der Waals surface area contributed by atoms with E-state index >= 15 is 0 Å². The number of hydrogen-bond donors (Lipinski definition) is 0. The van der Waals surface area contributed by atoms with Gasteiger partial charge < -0.3 is 13.7 Å². The summed E-state index contributed by atoms with van der Waals surface area (Å²) in [6.07, 6.45) is 0.465. The molecule has 0 bridgehead atoms. The highest BCUT2D eigenvalue weighted by atomic mass is 16.5. The number of nitrogens with zero attached hydrogens (tertiary/aromatic N) is 1. The summed E-state index contributed by atoms with van der Waals surface area (Å²) < 4.78 is 13.9. The SMILES string of the molecule is Cc1cc(OCC(=O)c2c(C)n(C)c3ccccc23)c2c(C)c(Cc3ccccc3)c(=O)oc2c1. The molecule has 5 nitrogen and oxygen atoms in total. The zero-order valence-electron chi connectivity index (χ0n) is 20.3. The lowest BCUT2D eigenvalue weighted by atomic mass is 9.98. The number of Topliss-reactive ketones (excluding diaryl/α,β-unsaturated/α-hetero) is 1. The first-order chi connectivity index (χ1) is 16.8. The summed E-state index contributed by atoms with van der Waals surface area (Å²) in [7, 11) is 1.96. The molecule has 5 heteroatoms. The minimum Gasteiger partial charge on any atom is -0.485 e. The van der Waals surface area contributed by atoms with E-state index in [1.807, 2.05) is 99.1 Å². The van der Waals surface area contributed by atoms with Gasteiger partial charge >= 0.3 is 5.63 Å². The van der Waals surface area contributed by atoms with E-state index in [2.05, 4.69) is 0 Å². The fourth-order valence-electron chi connectivity index (χ4n) is 4.84. The number of rotatable bonds is 6. The van der Waals surface area contributed by atoms with Crippen LogP contribution in [-0.4, -0.2) is 17.0 Å². The largest absolute Gasteiger partial charge is 0.485 e. The topological polar surface area (TPSA) is 61.4 Å². The number of ketones is 1. The zero-order valence-corrected chi connectivity index (χ0v) is 20.3. The average Bonchev–Trinajstić information content (AvgIpc) is 3.10. The number of aromatic nitrogens is 1. The Labute approximate surface area is 203 Å². The maximum atomic E-state index is 13.3. The molecule has 2 aromatic heterocycles. The van der Waals surface area contributed by atoms with E-state index in [9.17, 15) is 9.59 Å². The molecule has 35 heavy (non-hydrogen) atoms. The van der Waals surface area contributed by atoms with Gasteiger partial charge in [0.2, 0.25) is 5.78 Å². The van der Waals surface area contributed by atoms with E-state index in [-0.39, 0.29) is 18.0 Å². The van der Waals surface area contributed by atoms with Crippen LogP contribution in [-0.2, 0) is 13.5 Å². The Bertz CT molecular complexity index is 1640. The number of hydrogen-bond acceptors (Lipinski definition) is 4. The summed E-state index contributed by atoms with van der Waals surface area (Å²) in [5.74, 6) is 0.454. The molecule has 5 rings (SSSR count). The molecule has 0 spiro atoms. The predicted octanol–water partition coefficient (Wildman–Crippen LogP) is 6.06. The van der Waals surface area contributed by atoms with Gasteiger partial charge in [-0.1, -0.05) is 48.5 Å². The average molecular weight is 466 g/mol. The minimum atomic E-state index is -0.349. The highest BCUT2D eigenvalue weighted by Crippen LogP contribution is 2.32. The standard InChI is InChI=1S/C30H27NO4/c1-18-14-26(34-17-25(32)29-20(3)31(4)24-13-9-8-12-22(24)29)28-19(2)23(30(33)35-27(28)15-18)16-21-10-6-5-7-11-21/h5-15H,16-17H2,1-4H3. The first-order valence-corrected chi connectivity index (χ1v) is 11.7. The van der Waals surface area contributed by atoms with Crippen LogP contribution in [0.4, 0.5) is 0 Å². The molecule has 0 N–H and O–H groups in total. The third-order valence-electron chi connectivity index (χ3n) is 6.75. The Morgan fingerprint density at radius 3 is 2.46 bits per heavy atom. The Kier molecular flexibility index (Phi) is 5.77. The molecule has 3 aromatic carbocycles. The molecule has 0 aliphatic carbocycles.